The number of nitrogens with one attached hydrogen (secondary N) is 1. The van der Waals surface area contributed by atoms with Gasteiger partial charge in [0.05, 0.1) is 28.1 Å². The highest BCUT2D eigenvalue weighted by Crippen LogP contribution is 2.22. The van der Waals surface area contributed by atoms with Crippen molar-refractivity contribution < 1.29 is 9.53 Å². The van der Waals surface area contributed by atoms with E-state index in [4.69, 9.17) is 21.6 Å². The maximum absolute atomic E-state index is 12.8. The van der Waals surface area contributed by atoms with Crippen LogP contribution in [0.15, 0.2) is 46.0 Å². The Balaban J connectivity index is 1.62. The van der Waals surface area contributed by atoms with Gasteiger partial charge in [0, 0.05) is 31.3 Å². The van der Waals surface area contributed by atoms with E-state index in [-0.39, 0.29) is 36.0 Å². The van der Waals surface area contributed by atoms with Gasteiger partial charge in [-0.15, -0.1) is 0 Å². The van der Waals surface area contributed by atoms with Crippen LogP contribution in [0.1, 0.15) is 39.2 Å². The number of benzene rings is 2. The second-order valence-electron chi connectivity index (χ2n) is 8.06. The molecule has 0 saturated heterocycles. The summed E-state index contributed by atoms with van der Waals surface area (Å²) in [6.45, 7) is 6.67. The molecular formula is C25H27ClN4O4. The molecule has 178 valence electrons. The number of amides is 1. The molecule has 0 spiro atoms. The molecule has 34 heavy (non-hydrogen) atoms. The van der Waals surface area contributed by atoms with E-state index in [1.165, 1.54) is 4.57 Å². The first-order valence-electron chi connectivity index (χ1n) is 11.2. The summed E-state index contributed by atoms with van der Waals surface area (Å²) in [6, 6.07) is 11.9. The van der Waals surface area contributed by atoms with Crippen LogP contribution in [0.3, 0.4) is 0 Å². The Morgan fingerprint density at radius 1 is 1.15 bits per heavy atom. The topological polar surface area (TPSA) is 106 Å². The summed E-state index contributed by atoms with van der Waals surface area (Å²) >= 11 is 6.01. The van der Waals surface area contributed by atoms with Crippen LogP contribution in [-0.2, 0) is 17.9 Å². The monoisotopic (exact) mass is 482 g/mol. The van der Waals surface area contributed by atoms with E-state index >= 15 is 0 Å². The van der Waals surface area contributed by atoms with Gasteiger partial charge in [0.2, 0.25) is 5.91 Å². The summed E-state index contributed by atoms with van der Waals surface area (Å²) in [7, 11) is 0. The molecule has 1 aromatic heterocycles. The lowest BCUT2D eigenvalue weighted by Crippen LogP contribution is -2.39. The van der Waals surface area contributed by atoms with Gasteiger partial charge in [0.15, 0.2) is 0 Å². The largest absolute Gasteiger partial charge is 0.494 e. The van der Waals surface area contributed by atoms with Gasteiger partial charge >= 0.3 is 5.69 Å². The minimum Gasteiger partial charge on any atom is -0.494 e. The number of nitrogens with zero attached hydrogens (tertiary/aromatic N) is 3. The Kier molecular flexibility index (Phi) is 8.13. The third-order valence-electron chi connectivity index (χ3n) is 5.62. The molecule has 1 amide bonds. The van der Waals surface area contributed by atoms with E-state index in [0.717, 1.165) is 0 Å². The summed E-state index contributed by atoms with van der Waals surface area (Å²) in [5, 5.41) is 12.5. The second-order valence-corrected chi connectivity index (χ2v) is 8.46. The van der Waals surface area contributed by atoms with E-state index in [2.05, 4.69) is 5.32 Å². The second kappa shape index (κ2) is 11.0. The molecule has 0 bridgehead atoms. The molecule has 0 fully saturated rings. The maximum Gasteiger partial charge on any atom is 0.331 e. The van der Waals surface area contributed by atoms with E-state index in [1.54, 1.807) is 47.9 Å². The zero-order chi connectivity index (χ0) is 24.8. The third kappa shape index (κ3) is 5.49. The summed E-state index contributed by atoms with van der Waals surface area (Å²) in [4.78, 5) is 37.8. The highest BCUT2D eigenvalue weighted by molar-refractivity contribution is 6.31. The quantitative estimate of drug-likeness (QED) is 0.492. The molecule has 9 heteroatoms. The minimum absolute atomic E-state index is 0.0527. The smallest absolute Gasteiger partial charge is 0.331 e. The first kappa shape index (κ1) is 25.1. The van der Waals surface area contributed by atoms with Crippen molar-refractivity contribution in [3.63, 3.8) is 0 Å². The standard InChI is InChI=1S/C25H27ClN4O4/c1-4-29-22-9-7-18(13-20(22)24(32)30(5-2)25(29)33)28-23(31)12-16(3)10-11-34-19-8-6-17(15-27)21(26)14-19/h6-9,13-14,16H,4-5,10-12H2,1-3H3,(H,28,31). The molecule has 0 aliphatic heterocycles. The number of hydrogen-bond donors (Lipinski definition) is 1. The first-order chi connectivity index (χ1) is 16.3. The van der Waals surface area contributed by atoms with E-state index in [0.29, 0.717) is 52.5 Å². The SMILES string of the molecule is CCn1c(=O)c2cc(NC(=O)CC(C)CCOc3ccc(C#N)c(Cl)c3)ccc2n(CC)c1=O. The van der Waals surface area contributed by atoms with Crippen LogP contribution in [-0.4, -0.2) is 21.6 Å². The number of nitriles is 1. The maximum atomic E-state index is 12.8. The van der Waals surface area contributed by atoms with Gasteiger partial charge in [-0.3, -0.25) is 18.7 Å². The van der Waals surface area contributed by atoms with Gasteiger partial charge in [-0.05, 0) is 56.5 Å². The number of aryl methyl sites for hydroxylation is 1. The van der Waals surface area contributed by atoms with Crippen molar-refractivity contribution in [1.29, 1.82) is 5.26 Å². The van der Waals surface area contributed by atoms with Crippen molar-refractivity contribution in [2.24, 2.45) is 5.92 Å². The van der Waals surface area contributed by atoms with Gasteiger partial charge < -0.3 is 10.1 Å². The highest BCUT2D eigenvalue weighted by Gasteiger charge is 2.14. The van der Waals surface area contributed by atoms with Gasteiger partial charge in [0.1, 0.15) is 11.8 Å². The Labute approximate surface area is 202 Å². The van der Waals surface area contributed by atoms with Crippen molar-refractivity contribution in [1.82, 2.24) is 9.13 Å². The number of carbonyl (C=O) groups is 1. The number of aromatic nitrogens is 2. The lowest BCUT2D eigenvalue weighted by Gasteiger charge is -2.14. The lowest BCUT2D eigenvalue weighted by molar-refractivity contribution is -0.117. The predicted octanol–water partition coefficient (Wildman–Crippen LogP) is 4.16. The van der Waals surface area contributed by atoms with Crippen LogP contribution in [0.25, 0.3) is 10.9 Å². The number of anilines is 1. The predicted molar refractivity (Wildman–Crippen MR) is 133 cm³/mol. The molecule has 2 aromatic carbocycles. The Hall–Kier alpha value is -3.57. The van der Waals surface area contributed by atoms with Crippen LogP contribution in [0.4, 0.5) is 5.69 Å². The lowest BCUT2D eigenvalue weighted by atomic mass is 10.0. The molecule has 1 heterocycles. The van der Waals surface area contributed by atoms with Gasteiger partial charge in [-0.2, -0.15) is 5.26 Å². The van der Waals surface area contributed by atoms with Crippen LogP contribution in [0.2, 0.25) is 5.02 Å². The van der Waals surface area contributed by atoms with Crippen LogP contribution in [0.5, 0.6) is 5.75 Å². The minimum atomic E-state index is -0.364. The van der Waals surface area contributed by atoms with Crippen LogP contribution < -0.4 is 21.3 Å². The van der Waals surface area contributed by atoms with E-state index in [1.807, 2.05) is 19.9 Å². The summed E-state index contributed by atoms with van der Waals surface area (Å²) in [5.74, 6) is 0.449. The third-order valence-corrected chi connectivity index (χ3v) is 5.93. The highest BCUT2D eigenvalue weighted by atomic mass is 35.5. The van der Waals surface area contributed by atoms with Crippen LogP contribution >= 0.6 is 11.6 Å². The fraction of sp³-hybridized carbons (Fsp3) is 0.360. The van der Waals surface area contributed by atoms with Gasteiger partial charge in [-0.1, -0.05) is 18.5 Å². The van der Waals surface area contributed by atoms with Crippen molar-refractivity contribution in [3.05, 3.63) is 67.8 Å². The van der Waals surface area contributed by atoms with E-state index in [9.17, 15) is 14.4 Å². The van der Waals surface area contributed by atoms with Crippen molar-refractivity contribution >= 4 is 34.1 Å². The van der Waals surface area contributed by atoms with Crippen molar-refractivity contribution in [3.8, 4) is 11.8 Å². The molecule has 8 nitrogen and oxygen atoms in total. The summed E-state index contributed by atoms with van der Waals surface area (Å²) < 4.78 is 8.43. The van der Waals surface area contributed by atoms with Crippen LogP contribution in [0, 0.1) is 17.2 Å². The molecule has 3 aromatic rings. The van der Waals surface area contributed by atoms with Gasteiger partial charge in [-0.25, -0.2) is 4.79 Å². The normalized spacial score (nSPS) is 11.7. The molecule has 0 aliphatic rings. The molecule has 1 N–H and O–H groups in total. The Bertz CT molecular complexity index is 1370. The molecule has 0 radical (unpaired) electrons. The number of halogens is 1. The van der Waals surface area contributed by atoms with Crippen molar-refractivity contribution in [2.45, 2.75) is 46.7 Å². The van der Waals surface area contributed by atoms with Crippen molar-refractivity contribution in [2.75, 3.05) is 11.9 Å². The number of fused-ring (bicyclic) bond motifs is 1. The molecule has 1 unspecified atom stereocenters. The number of hydrogen-bond acceptors (Lipinski definition) is 5. The number of rotatable bonds is 9. The number of ether oxygens (including phenoxy) is 1. The Morgan fingerprint density at radius 2 is 1.88 bits per heavy atom. The molecule has 0 saturated carbocycles. The average molecular weight is 483 g/mol. The van der Waals surface area contributed by atoms with E-state index < -0.39 is 0 Å². The zero-order valence-electron chi connectivity index (χ0n) is 19.4. The molecule has 1 atom stereocenters. The average Bonchev–Trinajstić information content (AvgIpc) is 2.80. The number of carbonyl (C=O) groups excluding carboxylic acids is 1. The first-order valence-corrected chi connectivity index (χ1v) is 11.6. The summed E-state index contributed by atoms with van der Waals surface area (Å²) in [5.41, 5.74) is 0.748. The zero-order valence-corrected chi connectivity index (χ0v) is 20.2. The molecule has 0 aliphatic carbocycles. The van der Waals surface area contributed by atoms with Gasteiger partial charge in [0.25, 0.3) is 5.56 Å². The molecule has 3 rings (SSSR count). The summed E-state index contributed by atoms with van der Waals surface area (Å²) in [6.07, 6.45) is 0.927. The fourth-order valence-corrected chi connectivity index (χ4v) is 3.98. The fourth-order valence-electron chi connectivity index (χ4n) is 3.77. The Morgan fingerprint density at radius 3 is 2.53 bits per heavy atom. The molecular weight excluding hydrogens is 456 g/mol.